The van der Waals surface area contributed by atoms with Gasteiger partial charge in [0.15, 0.2) is 0 Å². The van der Waals surface area contributed by atoms with E-state index in [0.717, 1.165) is 37.4 Å². The van der Waals surface area contributed by atoms with Gasteiger partial charge in [-0.3, -0.25) is 9.59 Å². The van der Waals surface area contributed by atoms with Gasteiger partial charge in [0.25, 0.3) is 5.56 Å². The Bertz CT molecular complexity index is 796. The summed E-state index contributed by atoms with van der Waals surface area (Å²) >= 11 is 0. The van der Waals surface area contributed by atoms with Crippen LogP contribution < -0.4 is 15.8 Å². The number of carbonyl (C=O) groups excluding carboxylic acids is 1. The van der Waals surface area contributed by atoms with E-state index >= 15 is 0 Å². The highest BCUT2D eigenvalue weighted by molar-refractivity contribution is 5.75. The van der Waals surface area contributed by atoms with Gasteiger partial charge >= 0.3 is 0 Å². The van der Waals surface area contributed by atoms with Crippen molar-refractivity contribution >= 4 is 11.6 Å². The fourth-order valence-corrected chi connectivity index (χ4v) is 3.13. The lowest BCUT2D eigenvalue weighted by Crippen LogP contribution is -2.33. The second-order valence-electron chi connectivity index (χ2n) is 6.41. The SMILES string of the molecule is CCc1nccn1CC(=O)NC[C@H]1CCN(c2cnn(C)c(=O)c2)C1. The zero-order valence-corrected chi connectivity index (χ0v) is 14.7. The summed E-state index contributed by atoms with van der Waals surface area (Å²) in [6, 6.07) is 1.61. The minimum Gasteiger partial charge on any atom is -0.370 e. The molecule has 0 saturated carbocycles. The fraction of sp³-hybridized carbons (Fsp3) is 0.529. The van der Waals surface area contributed by atoms with E-state index < -0.39 is 0 Å². The van der Waals surface area contributed by atoms with Gasteiger partial charge in [-0.05, 0) is 12.3 Å². The molecule has 3 rings (SSSR count). The quantitative estimate of drug-likeness (QED) is 0.808. The van der Waals surface area contributed by atoms with Crippen molar-refractivity contribution in [1.82, 2.24) is 24.6 Å². The predicted octanol–water partition coefficient (Wildman–Crippen LogP) is 0.182. The zero-order chi connectivity index (χ0) is 17.8. The number of amides is 1. The van der Waals surface area contributed by atoms with Crippen LogP contribution in [-0.4, -0.2) is 44.9 Å². The Hall–Kier alpha value is -2.64. The number of rotatable bonds is 6. The minimum absolute atomic E-state index is 0.00129. The Balaban J connectivity index is 1.49. The predicted molar refractivity (Wildman–Crippen MR) is 94.4 cm³/mol. The van der Waals surface area contributed by atoms with Crippen LogP contribution in [0.15, 0.2) is 29.5 Å². The Labute approximate surface area is 146 Å². The average molecular weight is 344 g/mol. The summed E-state index contributed by atoms with van der Waals surface area (Å²) in [5.74, 6) is 1.29. The zero-order valence-electron chi connectivity index (χ0n) is 14.7. The fourth-order valence-electron chi connectivity index (χ4n) is 3.13. The first-order chi connectivity index (χ1) is 12.1. The van der Waals surface area contributed by atoms with E-state index in [4.69, 9.17) is 0 Å². The van der Waals surface area contributed by atoms with Gasteiger partial charge in [0.2, 0.25) is 5.91 Å². The molecule has 1 atom stereocenters. The molecular formula is C17H24N6O2. The summed E-state index contributed by atoms with van der Waals surface area (Å²) in [6.07, 6.45) is 7.06. The van der Waals surface area contributed by atoms with Gasteiger partial charge in [0.05, 0.1) is 11.9 Å². The third-order valence-electron chi connectivity index (χ3n) is 4.62. The maximum atomic E-state index is 12.1. The molecule has 2 aromatic rings. The summed E-state index contributed by atoms with van der Waals surface area (Å²) in [6.45, 7) is 4.66. The van der Waals surface area contributed by atoms with E-state index in [-0.39, 0.29) is 11.5 Å². The van der Waals surface area contributed by atoms with Crippen molar-refractivity contribution in [3.63, 3.8) is 0 Å². The molecule has 1 fully saturated rings. The van der Waals surface area contributed by atoms with Crippen LogP contribution in [0.25, 0.3) is 0 Å². The first kappa shape index (κ1) is 17.2. The monoisotopic (exact) mass is 344 g/mol. The van der Waals surface area contributed by atoms with Crippen molar-refractivity contribution < 1.29 is 4.79 Å². The van der Waals surface area contributed by atoms with Crippen LogP contribution in [0.1, 0.15) is 19.2 Å². The lowest BCUT2D eigenvalue weighted by Gasteiger charge is -2.18. The van der Waals surface area contributed by atoms with E-state index in [1.165, 1.54) is 4.68 Å². The molecule has 0 bridgehead atoms. The molecular weight excluding hydrogens is 320 g/mol. The van der Waals surface area contributed by atoms with Crippen LogP contribution in [0.4, 0.5) is 5.69 Å². The number of nitrogens with one attached hydrogen (secondary N) is 1. The van der Waals surface area contributed by atoms with Gasteiger partial charge in [-0.2, -0.15) is 5.10 Å². The molecule has 2 aromatic heterocycles. The van der Waals surface area contributed by atoms with Gasteiger partial charge in [-0.1, -0.05) is 6.92 Å². The molecule has 134 valence electrons. The highest BCUT2D eigenvalue weighted by Gasteiger charge is 2.23. The smallest absolute Gasteiger partial charge is 0.268 e. The number of anilines is 1. The van der Waals surface area contributed by atoms with E-state index in [1.54, 1.807) is 25.5 Å². The first-order valence-electron chi connectivity index (χ1n) is 8.62. The standard InChI is InChI=1S/C17H24N6O2/c1-3-15-18-5-7-23(15)12-16(24)19-9-13-4-6-22(11-13)14-8-17(25)21(2)20-10-14/h5,7-8,10,13H,3-4,6,9,11-12H2,1-2H3,(H,19,24)/t13-/m1/s1. The van der Waals surface area contributed by atoms with E-state index in [1.807, 2.05) is 17.7 Å². The van der Waals surface area contributed by atoms with Crippen LogP contribution >= 0.6 is 0 Å². The molecule has 1 aliphatic heterocycles. The first-order valence-corrected chi connectivity index (χ1v) is 8.62. The summed E-state index contributed by atoms with van der Waals surface area (Å²) in [7, 11) is 1.64. The van der Waals surface area contributed by atoms with Crippen molar-refractivity contribution in [2.45, 2.75) is 26.3 Å². The number of nitrogens with zero attached hydrogens (tertiary/aromatic N) is 5. The van der Waals surface area contributed by atoms with Crippen LogP contribution in [0, 0.1) is 5.92 Å². The molecule has 1 aliphatic rings. The summed E-state index contributed by atoms with van der Waals surface area (Å²) in [5.41, 5.74) is 0.740. The van der Waals surface area contributed by atoms with E-state index in [0.29, 0.717) is 19.0 Å². The van der Waals surface area contributed by atoms with Crippen molar-refractivity contribution in [1.29, 1.82) is 0 Å². The Kier molecular flexibility index (Phi) is 5.16. The summed E-state index contributed by atoms with van der Waals surface area (Å²) in [5, 5.41) is 7.08. The highest BCUT2D eigenvalue weighted by atomic mass is 16.2. The molecule has 1 saturated heterocycles. The molecule has 0 aromatic carbocycles. The molecule has 0 aliphatic carbocycles. The lowest BCUT2D eigenvalue weighted by molar-refractivity contribution is -0.121. The Morgan fingerprint density at radius 2 is 2.28 bits per heavy atom. The normalized spacial score (nSPS) is 17.0. The maximum absolute atomic E-state index is 12.1. The molecule has 3 heterocycles. The van der Waals surface area contributed by atoms with Crippen LogP contribution in [0.5, 0.6) is 0 Å². The van der Waals surface area contributed by atoms with Gasteiger partial charge < -0.3 is 14.8 Å². The van der Waals surface area contributed by atoms with Crippen LogP contribution in [0.3, 0.4) is 0 Å². The highest BCUT2D eigenvalue weighted by Crippen LogP contribution is 2.21. The Morgan fingerprint density at radius 3 is 3.04 bits per heavy atom. The third-order valence-corrected chi connectivity index (χ3v) is 4.62. The van der Waals surface area contributed by atoms with Gasteiger partial charge in [-0.15, -0.1) is 0 Å². The van der Waals surface area contributed by atoms with E-state index in [9.17, 15) is 9.59 Å². The Morgan fingerprint density at radius 1 is 1.44 bits per heavy atom. The molecule has 8 heteroatoms. The van der Waals surface area contributed by atoms with Gasteiger partial charge in [0.1, 0.15) is 12.4 Å². The molecule has 25 heavy (non-hydrogen) atoms. The molecule has 1 N–H and O–H groups in total. The van der Waals surface area contributed by atoms with Crippen LogP contribution in [0.2, 0.25) is 0 Å². The number of hydrogen-bond donors (Lipinski definition) is 1. The van der Waals surface area contributed by atoms with Gasteiger partial charge in [-0.25, -0.2) is 9.67 Å². The van der Waals surface area contributed by atoms with Crippen molar-refractivity contribution in [3.8, 4) is 0 Å². The van der Waals surface area contributed by atoms with Gasteiger partial charge in [0, 0.05) is 51.6 Å². The molecule has 0 unspecified atom stereocenters. The molecule has 8 nitrogen and oxygen atoms in total. The second kappa shape index (κ2) is 7.50. The summed E-state index contributed by atoms with van der Waals surface area (Å²) < 4.78 is 3.19. The maximum Gasteiger partial charge on any atom is 0.268 e. The molecule has 0 spiro atoms. The molecule has 0 radical (unpaired) electrons. The third kappa shape index (κ3) is 4.07. The van der Waals surface area contributed by atoms with Crippen molar-refractivity contribution in [2.24, 2.45) is 13.0 Å². The number of aryl methyl sites for hydroxylation is 2. The average Bonchev–Trinajstić information content (AvgIpc) is 3.24. The lowest BCUT2D eigenvalue weighted by atomic mass is 10.1. The van der Waals surface area contributed by atoms with E-state index in [2.05, 4.69) is 20.3 Å². The van der Waals surface area contributed by atoms with Crippen molar-refractivity contribution in [3.05, 3.63) is 40.8 Å². The summed E-state index contributed by atoms with van der Waals surface area (Å²) in [4.78, 5) is 30.2. The topological polar surface area (TPSA) is 85.1 Å². The minimum atomic E-state index is -0.110. The van der Waals surface area contributed by atoms with Crippen molar-refractivity contribution in [2.75, 3.05) is 24.5 Å². The second-order valence-corrected chi connectivity index (χ2v) is 6.41. The van der Waals surface area contributed by atoms with Crippen LogP contribution in [-0.2, 0) is 24.8 Å². The number of carbonyl (C=O) groups is 1. The number of imidazole rings is 1. The number of hydrogen-bond acceptors (Lipinski definition) is 5. The largest absolute Gasteiger partial charge is 0.370 e. The number of aromatic nitrogens is 4. The molecule has 1 amide bonds.